The van der Waals surface area contributed by atoms with Crippen LogP contribution in [0.4, 0.5) is 4.39 Å². The van der Waals surface area contributed by atoms with Crippen LogP contribution in [0.15, 0.2) is 35.6 Å². The predicted octanol–water partition coefficient (Wildman–Crippen LogP) is 2.88. The fourth-order valence-corrected chi connectivity index (χ4v) is 3.16. The average Bonchev–Trinajstić information content (AvgIpc) is 3.30. The van der Waals surface area contributed by atoms with Crippen LogP contribution >= 0.6 is 24.0 Å². The molecule has 27 heavy (non-hydrogen) atoms. The number of nitrogens with zero attached hydrogens (tertiary/aromatic N) is 4. The maximum absolute atomic E-state index is 14.1. The number of nitrogens with one attached hydrogen (secondary N) is 2. The minimum atomic E-state index is -0.142. The van der Waals surface area contributed by atoms with Crippen LogP contribution in [0.5, 0.6) is 0 Å². The lowest BCUT2D eigenvalue weighted by Gasteiger charge is -2.16. The number of rotatable bonds is 8. The number of hydrogen-bond acceptors (Lipinski definition) is 3. The highest BCUT2D eigenvalue weighted by atomic mass is 127. The van der Waals surface area contributed by atoms with E-state index in [9.17, 15) is 4.39 Å². The van der Waals surface area contributed by atoms with Gasteiger partial charge in [-0.1, -0.05) is 25.1 Å². The Labute approximate surface area is 177 Å². The van der Waals surface area contributed by atoms with E-state index in [2.05, 4.69) is 27.8 Å². The monoisotopic (exact) mass is 486 g/mol. The lowest BCUT2D eigenvalue weighted by molar-refractivity contribution is 0.571. The van der Waals surface area contributed by atoms with Crippen molar-refractivity contribution in [2.24, 2.45) is 4.99 Å². The highest BCUT2D eigenvalue weighted by Gasteiger charge is 2.45. The summed E-state index contributed by atoms with van der Waals surface area (Å²) in [5.41, 5.74) is 0.647. The summed E-state index contributed by atoms with van der Waals surface area (Å²) in [7, 11) is 0. The third-order valence-electron chi connectivity index (χ3n) is 4.84. The molecule has 1 aliphatic rings. The van der Waals surface area contributed by atoms with Crippen LogP contribution in [0.1, 0.15) is 38.1 Å². The lowest BCUT2D eigenvalue weighted by atomic mass is 9.95. The van der Waals surface area contributed by atoms with Crippen molar-refractivity contribution in [1.29, 1.82) is 0 Å². The second-order valence-electron chi connectivity index (χ2n) is 6.68. The molecule has 1 saturated carbocycles. The van der Waals surface area contributed by atoms with Gasteiger partial charge in [0.05, 0.1) is 6.54 Å². The third-order valence-corrected chi connectivity index (χ3v) is 4.84. The highest BCUT2D eigenvalue weighted by Crippen LogP contribution is 2.49. The van der Waals surface area contributed by atoms with Gasteiger partial charge in [-0.3, -0.25) is 4.99 Å². The van der Waals surface area contributed by atoms with Crippen LogP contribution in [-0.2, 0) is 18.4 Å². The molecular weight excluding hydrogens is 458 g/mol. The molecule has 1 heterocycles. The molecule has 0 unspecified atom stereocenters. The first-order chi connectivity index (χ1) is 12.7. The number of benzene rings is 1. The van der Waals surface area contributed by atoms with E-state index in [1.165, 1.54) is 6.07 Å². The van der Waals surface area contributed by atoms with E-state index in [0.717, 1.165) is 56.2 Å². The van der Waals surface area contributed by atoms with Crippen LogP contribution in [0.3, 0.4) is 0 Å². The van der Waals surface area contributed by atoms with Crippen LogP contribution in [0.25, 0.3) is 0 Å². The van der Waals surface area contributed by atoms with Crippen molar-refractivity contribution in [2.45, 2.75) is 45.1 Å². The zero-order chi connectivity index (χ0) is 18.4. The summed E-state index contributed by atoms with van der Waals surface area (Å²) in [6.45, 7) is 6.98. The molecule has 3 rings (SSSR count). The summed E-state index contributed by atoms with van der Waals surface area (Å²) in [5.74, 6) is 1.62. The third kappa shape index (κ3) is 5.40. The Morgan fingerprint density at radius 2 is 2.04 bits per heavy atom. The first-order valence-electron chi connectivity index (χ1n) is 9.32. The maximum atomic E-state index is 14.1. The largest absolute Gasteiger partial charge is 0.357 e. The minimum Gasteiger partial charge on any atom is -0.357 e. The van der Waals surface area contributed by atoms with Crippen molar-refractivity contribution in [3.05, 3.63) is 47.8 Å². The van der Waals surface area contributed by atoms with Gasteiger partial charge in [-0.05, 0) is 31.4 Å². The van der Waals surface area contributed by atoms with E-state index in [-0.39, 0.29) is 35.2 Å². The molecule has 8 heteroatoms. The van der Waals surface area contributed by atoms with Crippen molar-refractivity contribution >= 4 is 29.9 Å². The summed E-state index contributed by atoms with van der Waals surface area (Å²) in [4.78, 5) is 4.71. The van der Waals surface area contributed by atoms with Crippen LogP contribution < -0.4 is 10.6 Å². The summed E-state index contributed by atoms with van der Waals surface area (Å²) in [6, 6.07) is 7.05. The first kappa shape index (κ1) is 21.6. The van der Waals surface area contributed by atoms with Gasteiger partial charge in [0.15, 0.2) is 5.96 Å². The van der Waals surface area contributed by atoms with Crippen molar-refractivity contribution in [2.75, 3.05) is 19.6 Å². The van der Waals surface area contributed by atoms with E-state index in [4.69, 9.17) is 4.99 Å². The number of aliphatic imine (C=N–C) groups is 1. The van der Waals surface area contributed by atoms with Gasteiger partial charge in [0.1, 0.15) is 18.0 Å². The molecule has 6 nitrogen and oxygen atoms in total. The smallest absolute Gasteiger partial charge is 0.191 e. The van der Waals surface area contributed by atoms with E-state index in [1.807, 2.05) is 23.6 Å². The van der Waals surface area contributed by atoms with Gasteiger partial charge in [-0.15, -0.1) is 34.2 Å². The Morgan fingerprint density at radius 3 is 2.70 bits per heavy atom. The van der Waals surface area contributed by atoms with Gasteiger partial charge in [-0.2, -0.15) is 0 Å². The van der Waals surface area contributed by atoms with Crippen molar-refractivity contribution in [3.63, 3.8) is 0 Å². The Kier molecular flexibility index (Phi) is 8.00. The summed E-state index contributed by atoms with van der Waals surface area (Å²) < 4.78 is 16.2. The predicted molar refractivity (Wildman–Crippen MR) is 116 cm³/mol. The van der Waals surface area contributed by atoms with Crippen LogP contribution in [0.2, 0.25) is 0 Å². The Morgan fingerprint density at radius 1 is 1.26 bits per heavy atom. The summed E-state index contributed by atoms with van der Waals surface area (Å²) in [5, 5.41) is 14.6. The van der Waals surface area contributed by atoms with Gasteiger partial charge < -0.3 is 15.2 Å². The average molecular weight is 486 g/mol. The standard InChI is InChI=1S/C19H27FN6.HI/c1-3-17-25-24-14-26(17)12-11-22-18(21-4-2)23-13-19(9-10-19)15-7-5-6-8-16(15)20;/h5-8,14H,3-4,9-13H2,1-2H3,(H2,21,22,23);1H. The molecule has 1 aliphatic carbocycles. The number of guanidine groups is 1. The molecular formula is C19H28FIN6. The second kappa shape index (κ2) is 10.0. The Hall–Kier alpha value is -1.71. The fourth-order valence-electron chi connectivity index (χ4n) is 3.16. The molecule has 1 aromatic carbocycles. The zero-order valence-corrected chi connectivity index (χ0v) is 18.2. The van der Waals surface area contributed by atoms with Crippen molar-refractivity contribution in [3.8, 4) is 0 Å². The van der Waals surface area contributed by atoms with E-state index >= 15 is 0 Å². The van der Waals surface area contributed by atoms with Gasteiger partial charge in [0.2, 0.25) is 0 Å². The fraction of sp³-hybridized carbons (Fsp3) is 0.526. The van der Waals surface area contributed by atoms with Gasteiger partial charge in [0, 0.05) is 31.5 Å². The number of hydrogen-bond donors (Lipinski definition) is 2. The quantitative estimate of drug-likeness (QED) is 0.342. The first-order valence-corrected chi connectivity index (χ1v) is 9.32. The van der Waals surface area contributed by atoms with Gasteiger partial charge >= 0.3 is 0 Å². The number of halogens is 2. The van der Waals surface area contributed by atoms with E-state index in [0.29, 0.717) is 6.54 Å². The minimum absolute atomic E-state index is 0. The van der Waals surface area contributed by atoms with Crippen LogP contribution in [-0.4, -0.2) is 40.4 Å². The molecule has 0 saturated heterocycles. The Balaban J connectivity index is 0.00000261. The zero-order valence-electron chi connectivity index (χ0n) is 15.9. The van der Waals surface area contributed by atoms with Gasteiger partial charge in [0.25, 0.3) is 0 Å². The van der Waals surface area contributed by atoms with E-state index in [1.54, 1.807) is 12.4 Å². The topological polar surface area (TPSA) is 67.1 Å². The van der Waals surface area contributed by atoms with E-state index < -0.39 is 0 Å². The molecule has 1 aromatic heterocycles. The van der Waals surface area contributed by atoms with Gasteiger partial charge in [-0.25, -0.2) is 4.39 Å². The van der Waals surface area contributed by atoms with Crippen LogP contribution in [0, 0.1) is 5.82 Å². The molecule has 0 radical (unpaired) electrons. The Bertz CT molecular complexity index is 756. The second-order valence-corrected chi connectivity index (χ2v) is 6.68. The normalized spacial score (nSPS) is 15.1. The molecule has 0 bridgehead atoms. The SMILES string of the molecule is CCNC(=NCC1(c2ccccc2F)CC1)NCCn1cnnc1CC.I. The van der Waals surface area contributed by atoms with Crippen molar-refractivity contribution in [1.82, 2.24) is 25.4 Å². The molecule has 0 aliphatic heterocycles. The lowest BCUT2D eigenvalue weighted by Crippen LogP contribution is -2.39. The maximum Gasteiger partial charge on any atom is 0.191 e. The number of aromatic nitrogens is 3. The molecule has 0 atom stereocenters. The molecule has 0 amide bonds. The molecule has 2 aromatic rings. The highest BCUT2D eigenvalue weighted by molar-refractivity contribution is 14.0. The molecule has 1 fully saturated rings. The van der Waals surface area contributed by atoms with Crippen molar-refractivity contribution < 1.29 is 4.39 Å². The molecule has 148 valence electrons. The number of aryl methyl sites for hydroxylation is 1. The summed E-state index contributed by atoms with van der Waals surface area (Å²) in [6.07, 6.45) is 4.58. The summed E-state index contributed by atoms with van der Waals surface area (Å²) >= 11 is 0. The molecule has 0 spiro atoms. The molecule has 2 N–H and O–H groups in total.